The van der Waals surface area contributed by atoms with E-state index in [1.54, 1.807) is 16.8 Å². The number of hydrogen-bond donors (Lipinski definition) is 1. The molecule has 0 spiro atoms. The van der Waals surface area contributed by atoms with Crippen LogP contribution in [0.1, 0.15) is 11.4 Å². The summed E-state index contributed by atoms with van der Waals surface area (Å²) < 4.78 is 1.71. The molecule has 0 aliphatic heterocycles. The minimum atomic E-state index is 0.323. The van der Waals surface area contributed by atoms with Crippen molar-refractivity contribution >= 4 is 23.2 Å². The molecule has 3 aromatic rings. The summed E-state index contributed by atoms with van der Waals surface area (Å²) in [4.78, 5) is 12.8. The highest BCUT2D eigenvalue weighted by molar-refractivity contribution is 6.33. The molecule has 0 radical (unpaired) electrons. The standard InChI is InChI=1S/C13H12ClN5/c1-7-5-9(6-8(2)17-7)10-11(14)18-13(15)19-4-3-16-12(10)19/h3-6H,1-2H3,(H2,15,18). The Kier molecular flexibility index (Phi) is 2.64. The number of aryl methyl sites for hydroxylation is 2. The van der Waals surface area contributed by atoms with Crippen molar-refractivity contribution in [3.8, 4) is 11.1 Å². The molecule has 0 saturated carbocycles. The third-order valence-corrected chi connectivity index (χ3v) is 3.17. The maximum Gasteiger partial charge on any atom is 0.207 e. The number of hydrogen-bond acceptors (Lipinski definition) is 4. The highest BCUT2D eigenvalue weighted by atomic mass is 35.5. The average molecular weight is 274 g/mol. The van der Waals surface area contributed by atoms with Gasteiger partial charge in [-0.05, 0) is 31.5 Å². The lowest BCUT2D eigenvalue weighted by Crippen LogP contribution is -2.02. The number of halogens is 1. The number of aromatic nitrogens is 4. The van der Waals surface area contributed by atoms with Crippen LogP contribution in [-0.2, 0) is 0 Å². The van der Waals surface area contributed by atoms with Crippen LogP contribution in [0.15, 0.2) is 24.5 Å². The van der Waals surface area contributed by atoms with E-state index in [2.05, 4.69) is 15.0 Å². The molecular weight excluding hydrogens is 262 g/mol. The van der Waals surface area contributed by atoms with Gasteiger partial charge in [-0.3, -0.25) is 9.38 Å². The molecule has 96 valence electrons. The van der Waals surface area contributed by atoms with Gasteiger partial charge in [0, 0.05) is 23.8 Å². The van der Waals surface area contributed by atoms with Crippen molar-refractivity contribution in [2.45, 2.75) is 13.8 Å². The lowest BCUT2D eigenvalue weighted by Gasteiger charge is -2.09. The molecular formula is C13H12ClN5. The van der Waals surface area contributed by atoms with Crippen molar-refractivity contribution < 1.29 is 0 Å². The molecule has 0 bridgehead atoms. The summed E-state index contributed by atoms with van der Waals surface area (Å²) in [5, 5.41) is 0.348. The molecule has 0 aromatic carbocycles. The second kappa shape index (κ2) is 4.20. The fraction of sp³-hybridized carbons (Fsp3) is 0.154. The van der Waals surface area contributed by atoms with E-state index in [1.807, 2.05) is 26.0 Å². The number of anilines is 1. The van der Waals surface area contributed by atoms with Gasteiger partial charge in [-0.1, -0.05) is 11.6 Å². The highest BCUT2D eigenvalue weighted by Gasteiger charge is 2.15. The summed E-state index contributed by atoms with van der Waals surface area (Å²) in [6, 6.07) is 3.92. The molecule has 3 heterocycles. The lowest BCUT2D eigenvalue weighted by atomic mass is 10.1. The number of nitrogen functional groups attached to an aromatic ring is 1. The van der Waals surface area contributed by atoms with E-state index in [0.29, 0.717) is 16.7 Å². The first kappa shape index (κ1) is 11.9. The van der Waals surface area contributed by atoms with Gasteiger partial charge in [0.05, 0.1) is 5.56 Å². The van der Waals surface area contributed by atoms with Crippen molar-refractivity contribution in [2.75, 3.05) is 5.73 Å². The molecule has 0 amide bonds. The first-order valence-electron chi connectivity index (χ1n) is 5.80. The van der Waals surface area contributed by atoms with E-state index >= 15 is 0 Å². The maximum atomic E-state index is 6.24. The summed E-state index contributed by atoms with van der Waals surface area (Å²) in [6.45, 7) is 3.88. The van der Waals surface area contributed by atoms with Gasteiger partial charge in [-0.2, -0.15) is 0 Å². The molecule has 0 unspecified atom stereocenters. The van der Waals surface area contributed by atoms with Crippen molar-refractivity contribution in [3.05, 3.63) is 41.1 Å². The van der Waals surface area contributed by atoms with Gasteiger partial charge in [0.2, 0.25) is 5.95 Å². The van der Waals surface area contributed by atoms with Gasteiger partial charge in [-0.25, -0.2) is 9.97 Å². The van der Waals surface area contributed by atoms with Crippen LogP contribution < -0.4 is 5.73 Å². The molecule has 5 nitrogen and oxygen atoms in total. The summed E-state index contributed by atoms with van der Waals surface area (Å²) in [7, 11) is 0. The molecule has 0 fully saturated rings. The molecule has 3 rings (SSSR count). The Morgan fingerprint density at radius 1 is 1.16 bits per heavy atom. The van der Waals surface area contributed by atoms with Crippen LogP contribution in [0.25, 0.3) is 16.8 Å². The molecule has 0 aliphatic carbocycles. The Hall–Kier alpha value is -2.14. The Labute approximate surface area is 115 Å². The van der Waals surface area contributed by atoms with Gasteiger partial charge in [-0.15, -0.1) is 0 Å². The zero-order chi connectivity index (χ0) is 13.6. The van der Waals surface area contributed by atoms with E-state index in [-0.39, 0.29) is 0 Å². The molecule has 2 N–H and O–H groups in total. The van der Waals surface area contributed by atoms with Crippen LogP contribution in [0.3, 0.4) is 0 Å². The smallest absolute Gasteiger partial charge is 0.207 e. The second-order valence-electron chi connectivity index (χ2n) is 4.40. The minimum absolute atomic E-state index is 0.323. The fourth-order valence-electron chi connectivity index (χ4n) is 2.20. The quantitative estimate of drug-likeness (QED) is 0.692. The van der Waals surface area contributed by atoms with Gasteiger partial charge in [0.15, 0.2) is 5.65 Å². The SMILES string of the molecule is Cc1cc(-c2c(Cl)nc(N)n3ccnc23)cc(C)n1. The lowest BCUT2D eigenvalue weighted by molar-refractivity contribution is 1.10. The number of nitrogens with two attached hydrogens (primary N) is 1. The summed E-state index contributed by atoms with van der Waals surface area (Å²) in [5.41, 5.74) is 10.1. The number of fused-ring (bicyclic) bond motifs is 1. The van der Waals surface area contributed by atoms with Crippen LogP contribution >= 0.6 is 11.6 Å². The Bertz CT molecular complexity index is 758. The third kappa shape index (κ3) is 1.92. The Balaban J connectivity index is 2.38. The summed E-state index contributed by atoms with van der Waals surface area (Å²) in [6.07, 6.45) is 3.44. The van der Waals surface area contributed by atoms with Crippen molar-refractivity contribution in [3.63, 3.8) is 0 Å². The third-order valence-electron chi connectivity index (χ3n) is 2.90. The zero-order valence-electron chi connectivity index (χ0n) is 10.6. The number of pyridine rings is 1. The predicted molar refractivity (Wildman–Crippen MR) is 75.1 cm³/mol. The topological polar surface area (TPSA) is 69.1 Å². The summed E-state index contributed by atoms with van der Waals surface area (Å²) in [5.74, 6) is 0.323. The van der Waals surface area contributed by atoms with Gasteiger partial charge >= 0.3 is 0 Å². The highest BCUT2D eigenvalue weighted by Crippen LogP contribution is 2.31. The Morgan fingerprint density at radius 3 is 2.53 bits per heavy atom. The Morgan fingerprint density at radius 2 is 1.84 bits per heavy atom. The van der Waals surface area contributed by atoms with E-state index in [4.69, 9.17) is 17.3 Å². The predicted octanol–water partition coefficient (Wildman–Crippen LogP) is 2.64. The molecule has 3 aromatic heterocycles. The maximum absolute atomic E-state index is 6.24. The number of imidazole rings is 1. The van der Waals surface area contributed by atoms with Crippen molar-refractivity contribution in [1.29, 1.82) is 0 Å². The number of nitrogens with zero attached hydrogens (tertiary/aromatic N) is 4. The average Bonchev–Trinajstić information content (AvgIpc) is 2.76. The van der Waals surface area contributed by atoms with E-state index in [1.165, 1.54) is 0 Å². The molecule has 19 heavy (non-hydrogen) atoms. The van der Waals surface area contributed by atoms with Crippen molar-refractivity contribution in [1.82, 2.24) is 19.4 Å². The second-order valence-corrected chi connectivity index (χ2v) is 4.75. The monoisotopic (exact) mass is 273 g/mol. The van der Waals surface area contributed by atoms with Gasteiger partial charge in [0.1, 0.15) is 5.15 Å². The minimum Gasteiger partial charge on any atom is -0.369 e. The van der Waals surface area contributed by atoms with Crippen LogP contribution in [0, 0.1) is 13.8 Å². The van der Waals surface area contributed by atoms with Crippen molar-refractivity contribution in [2.24, 2.45) is 0 Å². The van der Waals surface area contributed by atoms with E-state index in [9.17, 15) is 0 Å². The van der Waals surface area contributed by atoms with E-state index < -0.39 is 0 Å². The first-order chi connectivity index (χ1) is 9.06. The van der Waals surface area contributed by atoms with Gasteiger partial charge in [0.25, 0.3) is 0 Å². The molecule has 0 saturated heterocycles. The van der Waals surface area contributed by atoms with Crippen LogP contribution in [-0.4, -0.2) is 19.4 Å². The summed E-state index contributed by atoms with van der Waals surface area (Å²) >= 11 is 6.24. The van der Waals surface area contributed by atoms with Crippen LogP contribution in [0.4, 0.5) is 5.95 Å². The fourth-order valence-corrected chi connectivity index (χ4v) is 2.48. The number of rotatable bonds is 1. The molecule has 0 aliphatic rings. The van der Waals surface area contributed by atoms with Crippen LogP contribution in [0.5, 0.6) is 0 Å². The largest absolute Gasteiger partial charge is 0.369 e. The van der Waals surface area contributed by atoms with Gasteiger partial charge < -0.3 is 5.73 Å². The first-order valence-corrected chi connectivity index (χ1v) is 6.18. The molecule has 0 atom stereocenters. The van der Waals surface area contributed by atoms with E-state index in [0.717, 1.165) is 22.5 Å². The zero-order valence-corrected chi connectivity index (χ0v) is 11.3. The van der Waals surface area contributed by atoms with Crippen LogP contribution in [0.2, 0.25) is 5.15 Å². The molecule has 6 heteroatoms. The normalized spacial score (nSPS) is 11.1.